The van der Waals surface area contributed by atoms with Gasteiger partial charge in [-0.3, -0.25) is 10.1 Å². The van der Waals surface area contributed by atoms with Crippen LogP contribution in [-0.4, -0.2) is 40.6 Å². The van der Waals surface area contributed by atoms with Gasteiger partial charge in [0.2, 0.25) is 0 Å². The van der Waals surface area contributed by atoms with E-state index in [1.807, 2.05) is 0 Å². The van der Waals surface area contributed by atoms with E-state index in [9.17, 15) is 18.4 Å². The fourth-order valence-corrected chi connectivity index (χ4v) is 2.89. The molecule has 0 aliphatic carbocycles. The van der Waals surface area contributed by atoms with Gasteiger partial charge in [0.05, 0.1) is 5.92 Å². The number of aromatic nitrogens is 1. The second kappa shape index (κ2) is 8.02. The SMILES string of the molecule is CC(CN(C)C(=O)Nc1ncc(Cc2ccc(F)c(F)c2)s1)C(=O)O. The maximum absolute atomic E-state index is 13.2. The van der Waals surface area contributed by atoms with Gasteiger partial charge in [-0.2, -0.15) is 0 Å². The predicted octanol–water partition coefficient (Wildman–Crippen LogP) is 3.20. The number of amides is 2. The number of benzene rings is 1. The Morgan fingerprint density at radius 1 is 1.36 bits per heavy atom. The Hall–Kier alpha value is -2.55. The Morgan fingerprint density at radius 2 is 2.08 bits per heavy atom. The summed E-state index contributed by atoms with van der Waals surface area (Å²) in [5, 5.41) is 11.8. The van der Waals surface area contributed by atoms with Gasteiger partial charge in [-0.1, -0.05) is 13.0 Å². The van der Waals surface area contributed by atoms with E-state index in [0.29, 0.717) is 17.1 Å². The van der Waals surface area contributed by atoms with Gasteiger partial charge in [0.1, 0.15) is 0 Å². The van der Waals surface area contributed by atoms with Crippen molar-refractivity contribution < 1.29 is 23.5 Å². The molecule has 0 aliphatic rings. The lowest BCUT2D eigenvalue weighted by Gasteiger charge is -2.19. The molecular weight excluding hydrogens is 352 g/mol. The van der Waals surface area contributed by atoms with Crippen molar-refractivity contribution >= 4 is 28.5 Å². The van der Waals surface area contributed by atoms with Crippen molar-refractivity contribution in [1.82, 2.24) is 9.88 Å². The van der Waals surface area contributed by atoms with Crippen LogP contribution in [0.2, 0.25) is 0 Å². The van der Waals surface area contributed by atoms with Gasteiger partial charge in [0, 0.05) is 31.1 Å². The van der Waals surface area contributed by atoms with Crippen molar-refractivity contribution in [3.05, 3.63) is 46.5 Å². The molecule has 0 aliphatic heterocycles. The highest BCUT2D eigenvalue weighted by molar-refractivity contribution is 7.15. The fraction of sp³-hybridized carbons (Fsp3) is 0.312. The van der Waals surface area contributed by atoms with Crippen LogP contribution in [0.4, 0.5) is 18.7 Å². The lowest BCUT2D eigenvalue weighted by atomic mass is 10.1. The second-order valence-electron chi connectivity index (χ2n) is 5.61. The van der Waals surface area contributed by atoms with Gasteiger partial charge in [-0.25, -0.2) is 18.6 Å². The second-order valence-corrected chi connectivity index (χ2v) is 6.72. The van der Waals surface area contributed by atoms with Gasteiger partial charge in [-0.05, 0) is 17.7 Å². The topological polar surface area (TPSA) is 82.5 Å². The number of nitrogens with one attached hydrogen (secondary N) is 1. The van der Waals surface area contributed by atoms with E-state index in [2.05, 4.69) is 10.3 Å². The van der Waals surface area contributed by atoms with Crippen LogP contribution in [0, 0.1) is 17.6 Å². The number of nitrogens with zero attached hydrogens (tertiary/aromatic N) is 2. The quantitative estimate of drug-likeness (QED) is 0.819. The smallest absolute Gasteiger partial charge is 0.323 e. The predicted molar refractivity (Wildman–Crippen MR) is 89.7 cm³/mol. The summed E-state index contributed by atoms with van der Waals surface area (Å²) in [6.45, 7) is 1.57. The van der Waals surface area contributed by atoms with Gasteiger partial charge < -0.3 is 10.0 Å². The third kappa shape index (κ3) is 5.21. The third-order valence-corrected chi connectivity index (χ3v) is 4.36. The van der Waals surface area contributed by atoms with Crippen LogP contribution < -0.4 is 5.32 Å². The molecule has 1 aromatic carbocycles. The average molecular weight is 369 g/mol. The molecule has 0 fully saturated rings. The Bertz CT molecular complexity index is 782. The summed E-state index contributed by atoms with van der Waals surface area (Å²) in [6.07, 6.45) is 1.90. The summed E-state index contributed by atoms with van der Waals surface area (Å²) < 4.78 is 26.1. The molecule has 1 unspecified atom stereocenters. The number of aliphatic carboxylic acids is 1. The van der Waals surface area contributed by atoms with Gasteiger partial charge in [0.15, 0.2) is 16.8 Å². The Morgan fingerprint density at radius 3 is 2.72 bits per heavy atom. The van der Waals surface area contributed by atoms with E-state index >= 15 is 0 Å². The standard InChI is InChI=1S/C16H17F2N3O3S/c1-9(14(22)23)8-21(2)16(24)20-15-19-7-11(25-15)5-10-3-4-12(17)13(18)6-10/h3-4,6-7,9H,5,8H2,1-2H3,(H,22,23)(H,19,20,24). The molecule has 25 heavy (non-hydrogen) atoms. The number of urea groups is 1. The summed E-state index contributed by atoms with van der Waals surface area (Å²) in [5.74, 6) is -3.48. The molecule has 0 saturated carbocycles. The zero-order chi connectivity index (χ0) is 18.6. The first-order valence-electron chi connectivity index (χ1n) is 7.40. The largest absolute Gasteiger partial charge is 0.481 e. The van der Waals surface area contributed by atoms with Crippen LogP contribution in [0.1, 0.15) is 17.4 Å². The zero-order valence-corrected chi connectivity index (χ0v) is 14.4. The van der Waals surface area contributed by atoms with Crippen molar-refractivity contribution in [2.75, 3.05) is 18.9 Å². The van der Waals surface area contributed by atoms with Crippen LogP contribution in [0.3, 0.4) is 0 Å². The molecule has 2 rings (SSSR count). The molecule has 0 bridgehead atoms. The highest BCUT2D eigenvalue weighted by atomic mass is 32.1. The molecule has 1 atom stereocenters. The molecule has 134 valence electrons. The van der Waals surface area contributed by atoms with Gasteiger partial charge in [0.25, 0.3) is 0 Å². The first kappa shape index (κ1) is 18.8. The van der Waals surface area contributed by atoms with Crippen molar-refractivity contribution in [3.63, 3.8) is 0 Å². The normalized spacial score (nSPS) is 11.8. The number of hydrogen-bond acceptors (Lipinski definition) is 4. The number of hydrogen-bond donors (Lipinski definition) is 2. The van der Waals surface area contributed by atoms with E-state index in [0.717, 1.165) is 17.0 Å². The van der Waals surface area contributed by atoms with E-state index < -0.39 is 29.6 Å². The van der Waals surface area contributed by atoms with Crippen LogP contribution in [-0.2, 0) is 11.2 Å². The van der Waals surface area contributed by atoms with E-state index in [1.165, 1.54) is 36.3 Å². The Balaban J connectivity index is 1.95. The van der Waals surface area contributed by atoms with Crippen molar-refractivity contribution in [2.24, 2.45) is 5.92 Å². The lowest BCUT2D eigenvalue weighted by Crippen LogP contribution is -2.36. The number of carbonyl (C=O) groups excluding carboxylic acids is 1. The zero-order valence-electron chi connectivity index (χ0n) is 13.6. The molecule has 0 spiro atoms. The molecule has 1 heterocycles. The Kier molecular flexibility index (Phi) is 6.02. The number of carboxylic acid groups (broad SMARTS) is 1. The van der Waals surface area contributed by atoms with E-state index in [1.54, 1.807) is 6.20 Å². The summed E-state index contributed by atoms with van der Waals surface area (Å²) >= 11 is 1.21. The summed E-state index contributed by atoms with van der Waals surface area (Å²) in [7, 11) is 1.49. The number of halogens is 2. The molecule has 0 saturated heterocycles. The number of carboxylic acids is 1. The van der Waals surface area contributed by atoms with Crippen molar-refractivity contribution in [1.29, 1.82) is 0 Å². The highest BCUT2D eigenvalue weighted by Crippen LogP contribution is 2.22. The first-order valence-corrected chi connectivity index (χ1v) is 8.21. The molecule has 2 N–H and O–H groups in total. The summed E-state index contributed by atoms with van der Waals surface area (Å²) in [6, 6.07) is 3.19. The van der Waals surface area contributed by atoms with Crippen LogP contribution in [0.25, 0.3) is 0 Å². The lowest BCUT2D eigenvalue weighted by molar-refractivity contribution is -0.141. The number of carbonyl (C=O) groups is 2. The van der Waals surface area contributed by atoms with Crippen molar-refractivity contribution in [3.8, 4) is 0 Å². The van der Waals surface area contributed by atoms with Gasteiger partial charge >= 0.3 is 12.0 Å². The molecule has 1 aromatic heterocycles. The number of rotatable bonds is 6. The third-order valence-electron chi connectivity index (χ3n) is 3.45. The number of thiazole rings is 1. The molecule has 6 nitrogen and oxygen atoms in total. The highest BCUT2D eigenvalue weighted by Gasteiger charge is 2.18. The van der Waals surface area contributed by atoms with Crippen molar-refractivity contribution in [2.45, 2.75) is 13.3 Å². The van der Waals surface area contributed by atoms with E-state index in [-0.39, 0.29) is 6.54 Å². The molecule has 2 amide bonds. The molecule has 0 radical (unpaired) electrons. The molecule has 9 heteroatoms. The monoisotopic (exact) mass is 369 g/mol. The van der Waals surface area contributed by atoms with Crippen LogP contribution >= 0.6 is 11.3 Å². The fourth-order valence-electron chi connectivity index (χ4n) is 2.06. The maximum Gasteiger partial charge on any atom is 0.323 e. The minimum atomic E-state index is -0.984. The van der Waals surface area contributed by atoms with Crippen LogP contribution in [0.5, 0.6) is 0 Å². The number of anilines is 1. The van der Waals surface area contributed by atoms with E-state index in [4.69, 9.17) is 5.11 Å². The van der Waals surface area contributed by atoms with Crippen LogP contribution in [0.15, 0.2) is 24.4 Å². The summed E-state index contributed by atoms with van der Waals surface area (Å²) in [5.41, 5.74) is 0.591. The molecule has 2 aromatic rings. The van der Waals surface area contributed by atoms with Gasteiger partial charge in [-0.15, -0.1) is 11.3 Å². The average Bonchev–Trinajstić information content (AvgIpc) is 2.97. The summed E-state index contributed by atoms with van der Waals surface area (Å²) in [4.78, 5) is 28.9. The first-order chi connectivity index (χ1) is 11.8. The minimum absolute atomic E-state index is 0.0637. The maximum atomic E-state index is 13.2. The molecular formula is C16H17F2N3O3S. The Labute approximate surface area is 147 Å². The minimum Gasteiger partial charge on any atom is -0.481 e.